The highest BCUT2D eigenvalue weighted by Crippen LogP contribution is 2.31. The highest BCUT2D eigenvalue weighted by atomic mass is 35.5. The van der Waals surface area contributed by atoms with Gasteiger partial charge in [0.05, 0.1) is 0 Å². The Morgan fingerprint density at radius 3 is 2.89 bits per heavy atom. The van der Waals surface area contributed by atoms with Crippen LogP contribution in [0.15, 0.2) is 30.9 Å². The molecule has 0 aliphatic carbocycles. The summed E-state index contributed by atoms with van der Waals surface area (Å²) in [5, 5.41) is 1.43. The maximum Gasteiger partial charge on any atom is 0.0489 e. The number of aromatic nitrogens is 1. The van der Waals surface area contributed by atoms with Gasteiger partial charge in [-0.05, 0) is 31.7 Å². The molecule has 0 bridgehead atoms. The van der Waals surface area contributed by atoms with E-state index in [0.717, 1.165) is 26.1 Å². The maximum absolute atomic E-state index is 3.89. The van der Waals surface area contributed by atoms with Crippen LogP contribution in [0.4, 0.5) is 0 Å². The summed E-state index contributed by atoms with van der Waals surface area (Å²) in [7, 11) is 2.20. The van der Waals surface area contributed by atoms with Crippen molar-refractivity contribution in [2.75, 3.05) is 13.6 Å². The first kappa shape index (κ1) is 14.2. The van der Waals surface area contributed by atoms with Crippen molar-refractivity contribution < 1.29 is 0 Å². The van der Waals surface area contributed by atoms with Gasteiger partial charge < -0.3 is 9.47 Å². The van der Waals surface area contributed by atoms with Crippen molar-refractivity contribution in [3.8, 4) is 0 Å². The Kier molecular flexibility index (Phi) is 4.02. The first-order valence-electron chi connectivity index (χ1n) is 6.60. The Bertz CT molecular complexity index is 613. The van der Waals surface area contributed by atoms with Crippen molar-refractivity contribution in [2.24, 2.45) is 0 Å². The Labute approximate surface area is 121 Å². The Balaban J connectivity index is 0.00000133. The van der Waals surface area contributed by atoms with Crippen molar-refractivity contribution in [2.45, 2.75) is 26.4 Å². The molecular weight excluding hydrogens is 256 g/mol. The van der Waals surface area contributed by atoms with Crippen molar-refractivity contribution in [1.29, 1.82) is 0 Å². The van der Waals surface area contributed by atoms with Gasteiger partial charge in [-0.2, -0.15) is 0 Å². The molecule has 3 rings (SSSR count). The lowest BCUT2D eigenvalue weighted by atomic mass is 10.0. The van der Waals surface area contributed by atoms with Crippen molar-refractivity contribution in [1.82, 2.24) is 9.47 Å². The second-order valence-electron chi connectivity index (χ2n) is 5.33. The van der Waals surface area contributed by atoms with Crippen LogP contribution in [-0.2, 0) is 19.5 Å². The smallest absolute Gasteiger partial charge is 0.0489 e. The van der Waals surface area contributed by atoms with Gasteiger partial charge in [0.15, 0.2) is 0 Å². The number of fused-ring (bicyclic) bond motifs is 3. The topological polar surface area (TPSA) is 8.17 Å². The lowest BCUT2D eigenvalue weighted by Crippen LogP contribution is -2.27. The number of aryl methyl sites for hydroxylation is 1. The van der Waals surface area contributed by atoms with E-state index in [1.54, 1.807) is 0 Å². The van der Waals surface area contributed by atoms with Gasteiger partial charge in [-0.25, -0.2) is 0 Å². The SMILES string of the molecule is C=CCn1c2c(c3cc(C)ccc31)CN(C)CC2.Cl. The van der Waals surface area contributed by atoms with Gasteiger partial charge in [0.2, 0.25) is 0 Å². The molecule has 0 amide bonds. The molecule has 2 aromatic rings. The third-order valence-corrected chi connectivity index (χ3v) is 3.91. The van der Waals surface area contributed by atoms with Gasteiger partial charge >= 0.3 is 0 Å². The minimum atomic E-state index is 0. The highest BCUT2D eigenvalue weighted by Gasteiger charge is 2.21. The van der Waals surface area contributed by atoms with Gasteiger partial charge in [0.25, 0.3) is 0 Å². The van der Waals surface area contributed by atoms with Crippen LogP contribution in [0.2, 0.25) is 0 Å². The molecule has 3 heteroatoms. The Hall–Kier alpha value is -1.25. The van der Waals surface area contributed by atoms with Crippen LogP contribution in [-0.4, -0.2) is 23.1 Å². The predicted molar refractivity (Wildman–Crippen MR) is 84.2 cm³/mol. The van der Waals surface area contributed by atoms with E-state index in [1.807, 2.05) is 6.08 Å². The van der Waals surface area contributed by atoms with Gasteiger partial charge in [-0.3, -0.25) is 0 Å². The van der Waals surface area contributed by atoms with E-state index in [0.29, 0.717) is 0 Å². The van der Waals surface area contributed by atoms with Crippen LogP contribution >= 0.6 is 12.4 Å². The van der Waals surface area contributed by atoms with Gasteiger partial charge in [-0.15, -0.1) is 19.0 Å². The van der Waals surface area contributed by atoms with Crippen molar-refractivity contribution in [3.05, 3.63) is 47.7 Å². The molecule has 2 nitrogen and oxygen atoms in total. The number of likely N-dealkylation sites (N-methyl/N-ethyl adjacent to an activating group) is 1. The zero-order valence-corrected chi connectivity index (χ0v) is 12.5. The molecule has 1 aromatic carbocycles. The molecule has 0 atom stereocenters. The third kappa shape index (κ3) is 2.31. The summed E-state index contributed by atoms with van der Waals surface area (Å²) in [5.41, 5.74) is 5.73. The van der Waals surface area contributed by atoms with Crippen molar-refractivity contribution >= 4 is 23.3 Å². The Morgan fingerprint density at radius 1 is 1.37 bits per heavy atom. The van der Waals surface area contributed by atoms with Gasteiger partial charge in [0, 0.05) is 42.7 Å². The summed E-state index contributed by atoms with van der Waals surface area (Å²) >= 11 is 0. The molecule has 1 aromatic heterocycles. The molecule has 19 heavy (non-hydrogen) atoms. The molecule has 0 N–H and O–H groups in total. The monoisotopic (exact) mass is 276 g/mol. The van der Waals surface area contributed by atoms with Crippen LogP contribution < -0.4 is 0 Å². The van der Waals surface area contributed by atoms with Crippen LogP contribution in [0.25, 0.3) is 10.9 Å². The molecule has 0 spiro atoms. The molecule has 0 unspecified atom stereocenters. The number of benzene rings is 1. The first-order chi connectivity index (χ1) is 8.70. The summed E-state index contributed by atoms with van der Waals surface area (Å²) in [4.78, 5) is 2.41. The summed E-state index contributed by atoms with van der Waals surface area (Å²) in [6, 6.07) is 6.79. The second kappa shape index (κ2) is 5.40. The van der Waals surface area contributed by atoms with Crippen LogP contribution in [0, 0.1) is 6.92 Å². The van der Waals surface area contributed by atoms with E-state index in [1.165, 1.54) is 27.7 Å². The Morgan fingerprint density at radius 2 is 2.16 bits per heavy atom. The summed E-state index contributed by atoms with van der Waals surface area (Å²) in [5.74, 6) is 0. The quantitative estimate of drug-likeness (QED) is 0.762. The minimum Gasteiger partial charge on any atom is -0.340 e. The van der Waals surface area contributed by atoms with Crippen LogP contribution in [0.3, 0.4) is 0 Å². The molecule has 102 valence electrons. The molecule has 1 aliphatic heterocycles. The molecule has 0 saturated carbocycles. The van der Waals surface area contributed by atoms with E-state index < -0.39 is 0 Å². The van der Waals surface area contributed by atoms with Gasteiger partial charge in [-0.1, -0.05) is 17.7 Å². The summed E-state index contributed by atoms with van der Waals surface area (Å²) in [6.45, 7) is 9.20. The average Bonchev–Trinajstić information content (AvgIpc) is 2.64. The number of hydrogen-bond donors (Lipinski definition) is 0. The lowest BCUT2D eigenvalue weighted by Gasteiger charge is -2.24. The third-order valence-electron chi connectivity index (χ3n) is 3.91. The second-order valence-corrected chi connectivity index (χ2v) is 5.33. The largest absolute Gasteiger partial charge is 0.340 e. The molecule has 1 aliphatic rings. The van der Waals surface area contributed by atoms with E-state index in [9.17, 15) is 0 Å². The lowest BCUT2D eigenvalue weighted by molar-refractivity contribution is 0.310. The fourth-order valence-corrected chi connectivity index (χ4v) is 3.04. The molecule has 2 heterocycles. The normalized spacial score (nSPS) is 15.1. The van der Waals surface area contributed by atoms with E-state index in [2.05, 4.69) is 48.2 Å². The summed E-state index contributed by atoms with van der Waals surface area (Å²) in [6.07, 6.45) is 3.14. The number of rotatable bonds is 2. The number of allylic oxidation sites excluding steroid dienone is 1. The zero-order chi connectivity index (χ0) is 12.7. The maximum atomic E-state index is 3.89. The standard InChI is InChI=1S/C16H20N2.ClH/c1-4-8-18-15-6-5-12(2)10-13(15)14-11-17(3)9-7-16(14)18;/h4-6,10H,1,7-9,11H2,2-3H3;1H. The molecule has 0 fully saturated rings. The van der Waals surface area contributed by atoms with E-state index in [4.69, 9.17) is 0 Å². The van der Waals surface area contributed by atoms with E-state index in [-0.39, 0.29) is 12.4 Å². The minimum absolute atomic E-state index is 0. The molecule has 0 radical (unpaired) electrons. The van der Waals surface area contributed by atoms with Crippen molar-refractivity contribution in [3.63, 3.8) is 0 Å². The number of halogens is 1. The van der Waals surface area contributed by atoms with Crippen LogP contribution in [0.5, 0.6) is 0 Å². The zero-order valence-electron chi connectivity index (χ0n) is 11.6. The predicted octanol–water partition coefficient (Wildman–Crippen LogP) is 3.55. The first-order valence-corrected chi connectivity index (χ1v) is 6.60. The summed E-state index contributed by atoms with van der Waals surface area (Å²) < 4.78 is 2.43. The van der Waals surface area contributed by atoms with Crippen LogP contribution in [0.1, 0.15) is 16.8 Å². The average molecular weight is 277 g/mol. The fraction of sp³-hybridized carbons (Fsp3) is 0.375. The number of nitrogens with zero attached hydrogens (tertiary/aromatic N) is 2. The molecular formula is C16H21ClN2. The van der Waals surface area contributed by atoms with Gasteiger partial charge in [0.1, 0.15) is 0 Å². The van der Waals surface area contributed by atoms with E-state index >= 15 is 0 Å². The highest BCUT2D eigenvalue weighted by molar-refractivity contribution is 5.86. The molecule has 0 saturated heterocycles. The number of hydrogen-bond acceptors (Lipinski definition) is 1. The fourth-order valence-electron chi connectivity index (χ4n) is 3.04.